The molecule has 2 unspecified atom stereocenters. The van der Waals surface area contributed by atoms with Gasteiger partial charge >= 0.3 is 0 Å². The van der Waals surface area contributed by atoms with Crippen molar-refractivity contribution in [3.63, 3.8) is 0 Å². The van der Waals surface area contributed by atoms with Crippen molar-refractivity contribution < 1.29 is 4.52 Å². The van der Waals surface area contributed by atoms with Gasteiger partial charge in [-0.05, 0) is 25.5 Å². The molecule has 1 aliphatic rings. The summed E-state index contributed by atoms with van der Waals surface area (Å²) in [5, 5.41) is 3.78. The Labute approximate surface area is 81.3 Å². The van der Waals surface area contributed by atoms with Crippen LogP contribution in [-0.4, -0.2) is 20.6 Å². The molecule has 5 heteroatoms. The number of aromatic nitrogens is 2. The van der Waals surface area contributed by atoms with E-state index in [0.717, 1.165) is 6.42 Å². The van der Waals surface area contributed by atoms with Crippen molar-refractivity contribution in [1.29, 1.82) is 0 Å². The Morgan fingerprint density at radius 2 is 2.62 bits per heavy atom. The Balaban J connectivity index is 2.16. The Bertz CT molecular complexity index is 269. The molecule has 1 saturated heterocycles. The summed E-state index contributed by atoms with van der Waals surface area (Å²) in [6, 6.07) is -0.112. The number of hydrogen-bond donors (Lipinski definition) is 1. The predicted molar refractivity (Wildman–Crippen MR) is 51.3 cm³/mol. The summed E-state index contributed by atoms with van der Waals surface area (Å²) in [5.74, 6) is 1.80. The number of thioether (sulfide) groups is 1. The van der Waals surface area contributed by atoms with Crippen LogP contribution in [0.4, 0.5) is 0 Å². The van der Waals surface area contributed by atoms with Crippen molar-refractivity contribution in [2.75, 3.05) is 5.75 Å². The fraction of sp³-hybridized carbons (Fsp3) is 0.750. The van der Waals surface area contributed by atoms with Crippen molar-refractivity contribution >= 4 is 11.8 Å². The summed E-state index contributed by atoms with van der Waals surface area (Å²) in [6.45, 7) is 2.17. The number of nitrogens with two attached hydrogens (primary N) is 1. The van der Waals surface area contributed by atoms with Crippen molar-refractivity contribution in [3.05, 3.63) is 12.2 Å². The zero-order chi connectivity index (χ0) is 9.31. The molecule has 2 N–H and O–H groups in total. The van der Waals surface area contributed by atoms with Crippen LogP contribution in [0.5, 0.6) is 0 Å². The van der Waals surface area contributed by atoms with Crippen LogP contribution in [0.3, 0.4) is 0 Å². The summed E-state index contributed by atoms with van der Waals surface area (Å²) in [7, 11) is 0. The average molecular weight is 199 g/mol. The highest BCUT2D eigenvalue weighted by Gasteiger charge is 2.38. The fourth-order valence-corrected chi connectivity index (χ4v) is 2.96. The highest BCUT2D eigenvalue weighted by Crippen LogP contribution is 2.44. The molecule has 1 aromatic heterocycles. The Morgan fingerprint density at radius 3 is 3.15 bits per heavy atom. The average Bonchev–Trinajstić information content (AvgIpc) is 2.73. The van der Waals surface area contributed by atoms with E-state index in [1.165, 1.54) is 18.6 Å². The summed E-state index contributed by atoms with van der Waals surface area (Å²) in [6.07, 6.45) is 3.69. The number of nitrogens with zero attached hydrogens (tertiary/aromatic N) is 2. The number of hydrogen-bond acceptors (Lipinski definition) is 5. The van der Waals surface area contributed by atoms with Gasteiger partial charge in [0.1, 0.15) is 0 Å². The first kappa shape index (κ1) is 9.02. The molecule has 0 spiro atoms. The molecule has 2 atom stereocenters. The van der Waals surface area contributed by atoms with Gasteiger partial charge in [-0.25, -0.2) is 0 Å². The van der Waals surface area contributed by atoms with E-state index >= 15 is 0 Å². The Kier molecular flexibility index (Phi) is 2.29. The van der Waals surface area contributed by atoms with E-state index in [1.54, 1.807) is 0 Å². The lowest BCUT2D eigenvalue weighted by Crippen LogP contribution is -2.33. The minimum Gasteiger partial charge on any atom is -0.343 e. The molecule has 0 bridgehead atoms. The van der Waals surface area contributed by atoms with Gasteiger partial charge in [0, 0.05) is 4.75 Å². The monoisotopic (exact) mass is 199 g/mol. The van der Waals surface area contributed by atoms with Gasteiger partial charge in [0.25, 0.3) is 0 Å². The fourth-order valence-electron chi connectivity index (χ4n) is 1.63. The second-order valence-electron chi connectivity index (χ2n) is 3.53. The standard InChI is InChI=1S/C8H13N3OS/c1-8(3-2-4-13-8)6(9)7-10-5-12-11-7/h5-6H,2-4,9H2,1H3. The third-order valence-corrected chi connectivity index (χ3v) is 4.17. The molecule has 2 rings (SSSR count). The van der Waals surface area contributed by atoms with Crippen LogP contribution in [0.1, 0.15) is 31.6 Å². The largest absolute Gasteiger partial charge is 0.343 e. The first-order valence-electron chi connectivity index (χ1n) is 4.38. The molecule has 0 aromatic carbocycles. The van der Waals surface area contributed by atoms with Gasteiger partial charge in [-0.15, -0.1) is 0 Å². The van der Waals surface area contributed by atoms with Crippen LogP contribution >= 0.6 is 11.8 Å². The van der Waals surface area contributed by atoms with Crippen LogP contribution in [0.25, 0.3) is 0 Å². The lowest BCUT2D eigenvalue weighted by atomic mass is 9.96. The molecule has 0 saturated carbocycles. The third-order valence-electron chi connectivity index (χ3n) is 2.56. The van der Waals surface area contributed by atoms with Gasteiger partial charge in [0.15, 0.2) is 5.82 Å². The lowest BCUT2D eigenvalue weighted by molar-refractivity contribution is 0.391. The van der Waals surface area contributed by atoms with Gasteiger partial charge in [-0.3, -0.25) is 0 Å². The predicted octanol–water partition coefficient (Wildman–Crippen LogP) is 1.36. The summed E-state index contributed by atoms with van der Waals surface area (Å²) < 4.78 is 4.78. The molecule has 2 heterocycles. The minimum absolute atomic E-state index is 0.0872. The maximum Gasteiger partial charge on any atom is 0.213 e. The molecule has 0 radical (unpaired) electrons. The van der Waals surface area contributed by atoms with Crippen LogP contribution in [0.15, 0.2) is 10.9 Å². The highest BCUT2D eigenvalue weighted by molar-refractivity contribution is 8.00. The first-order valence-corrected chi connectivity index (χ1v) is 5.37. The van der Waals surface area contributed by atoms with E-state index in [0.29, 0.717) is 5.82 Å². The molecule has 4 nitrogen and oxygen atoms in total. The first-order chi connectivity index (χ1) is 6.22. The van der Waals surface area contributed by atoms with Gasteiger partial charge < -0.3 is 10.3 Å². The molecule has 1 aromatic rings. The Morgan fingerprint density at radius 1 is 1.77 bits per heavy atom. The summed E-state index contributed by atoms with van der Waals surface area (Å²) in [4.78, 5) is 3.99. The maximum atomic E-state index is 6.07. The maximum absolute atomic E-state index is 6.07. The molecule has 13 heavy (non-hydrogen) atoms. The van der Waals surface area contributed by atoms with Gasteiger partial charge in [-0.1, -0.05) is 5.16 Å². The zero-order valence-electron chi connectivity index (χ0n) is 7.56. The van der Waals surface area contributed by atoms with Crippen LogP contribution in [0, 0.1) is 0 Å². The summed E-state index contributed by atoms with van der Waals surface area (Å²) >= 11 is 1.90. The second kappa shape index (κ2) is 3.31. The molecule has 1 aliphatic heterocycles. The SMILES string of the molecule is CC1(C(N)c2ncon2)CCCS1. The Hall–Kier alpha value is -0.550. The van der Waals surface area contributed by atoms with Crippen molar-refractivity contribution in [2.45, 2.75) is 30.6 Å². The smallest absolute Gasteiger partial charge is 0.213 e. The zero-order valence-corrected chi connectivity index (χ0v) is 8.38. The summed E-state index contributed by atoms with van der Waals surface area (Å²) in [5.41, 5.74) is 6.07. The second-order valence-corrected chi connectivity index (χ2v) is 5.16. The third kappa shape index (κ3) is 1.58. The van der Waals surface area contributed by atoms with E-state index in [1.807, 2.05) is 11.8 Å². The van der Waals surface area contributed by atoms with E-state index < -0.39 is 0 Å². The van der Waals surface area contributed by atoms with E-state index in [4.69, 9.17) is 5.73 Å². The van der Waals surface area contributed by atoms with E-state index in [2.05, 4.69) is 21.6 Å². The quantitative estimate of drug-likeness (QED) is 0.779. The van der Waals surface area contributed by atoms with Crippen LogP contribution in [-0.2, 0) is 0 Å². The van der Waals surface area contributed by atoms with Crippen LogP contribution in [0.2, 0.25) is 0 Å². The van der Waals surface area contributed by atoms with Crippen LogP contribution < -0.4 is 5.73 Å². The minimum atomic E-state index is -0.112. The molecular weight excluding hydrogens is 186 g/mol. The van der Waals surface area contributed by atoms with Gasteiger partial charge in [0.2, 0.25) is 6.39 Å². The van der Waals surface area contributed by atoms with Gasteiger partial charge in [-0.2, -0.15) is 16.7 Å². The molecule has 72 valence electrons. The topological polar surface area (TPSA) is 64.9 Å². The van der Waals surface area contributed by atoms with E-state index in [9.17, 15) is 0 Å². The number of rotatable bonds is 2. The molecule has 0 amide bonds. The van der Waals surface area contributed by atoms with Gasteiger partial charge in [0.05, 0.1) is 6.04 Å². The van der Waals surface area contributed by atoms with Crippen molar-refractivity contribution in [1.82, 2.24) is 10.1 Å². The van der Waals surface area contributed by atoms with Crippen molar-refractivity contribution in [3.8, 4) is 0 Å². The van der Waals surface area contributed by atoms with E-state index in [-0.39, 0.29) is 10.8 Å². The molecule has 0 aliphatic carbocycles. The molecular formula is C8H13N3OS. The lowest BCUT2D eigenvalue weighted by Gasteiger charge is -2.27. The molecule has 1 fully saturated rings. The van der Waals surface area contributed by atoms with Crippen molar-refractivity contribution in [2.24, 2.45) is 5.73 Å². The highest BCUT2D eigenvalue weighted by atomic mass is 32.2. The normalized spacial score (nSPS) is 30.6.